The number of likely N-dealkylation sites (tertiary alicyclic amines) is 1. The van der Waals surface area contributed by atoms with Crippen molar-refractivity contribution in [3.05, 3.63) is 53.6 Å². The van der Waals surface area contributed by atoms with Crippen LogP contribution in [0.2, 0.25) is 0 Å². The third kappa shape index (κ3) is 2.33. The number of aryl methyl sites for hydroxylation is 1. The predicted molar refractivity (Wildman–Crippen MR) is 87.2 cm³/mol. The van der Waals surface area contributed by atoms with Crippen LogP contribution >= 0.6 is 0 Å². The maximum absolute atomic E-state index is 5.85. The highest BCUT2D eigenvalue weighted by Crippen LogP contribution is 2.34. The van der Waals surface area contributed by atoms with Gasteiger partial charge in [0.15, 0.2) is 0 Å². The van der Waals surface area contributed by atoms with Crippen molar-refractivity contribution in [2.45, 2.75) is 25.9 Å². The maximum Gasteiger partial charge on any atom is 0.127 e. The summed E-state index contributed by atoms with van der Waals surface area (Å²) in [6, 6.07) is 11.0. The summed E-state index contributed by atoms with van der Waals surface area (Å²) in [4.78, 5) is 14.4. The van der Waals surface area contributed by atoms with Crippen LogP contribution in [0.25, 0.3) is 10.9 Å². The molecule has 4 rings (SSSR count). The van der Waals surface area contributed by atoms with Crippen LogP contribution in [0.15, 0.2) is 36.5 Å². The van der Waals surface area contributed by atoms with E-state index in [-0.39, 0.29) is 0 Å². The van der Waals surface area contributed by atoms with E-state index < -0.39 is 0 Å². The van der Waals surface area contributed by atoms with Crippen molar-refractivity contribution in [3.63, 3.8) is 0 Å². The molecule has 112 valence electrons. The number of hydrogen-bond acceptors (Lipinski definition) is 4. The minimum absolute atomic E-state index is 0.353. The second-order valence-corrected chi connectivity index (χ2v) is 5.94. The van der Waals surface area contributed by atoms with E-state index in [2.05, 4.69) is 44.1 Å². The smallest absolute Gasteiger partial charge is 0.127 e. The first-order chi connectivity index (χ1) is 10.7. The summed E-state index contributed by atoms with van der Waals surface area (Å²) >= 11 is 0. The number of aromatic amines is 1. The van der Waals surface area contributed by atoms with Gasteiger partial charge in [0.2, 0.25) is 0 Å². The fourth-order valence-electron chi connectivity index (χ4n) is 3.19. The summed E-state index contributed by atoms with van der Waals surface area (Å²) < 4.78 is 0. The number of benzene rings is 1. The number of nitrogens with one attached hydrogen (secondary N) is 1. The van der Waals surface area contributed by atoms with Crippen LogP contribution in [0, 0.1) is 6.92 Å². The molecule has 1 fully saturated rings. The van der Waals surface area contributed by atoms with Crippen LogP contribution in [-0.4, -0.2) is 26.4 Å². The van der Waals surface area contributed by atoms with Gasteiger partial charge < -0.3 is 10.7 Å². The summed E-state index contributed by atoms with van der Waals surface area (Å²) in [6.07, 6.45) is 3.11. The van der Waals surface area contributed by atoms with Crippen LogP contribution in [0.1, 0.15) is 29.5 Å². The van der Waals surface area contributed by atoms with Gasteiger partial charge in [-0.25, -0.2) is 9.97 Å². The van der Waals surface area contributed by atoms with Gasteiger partial charge in [-0.2, -0.15) is 0 Å². The fourth-order valence-corrected chi connectivity index (χ4v) is 3.19. The van der Waals surface area contributed by atoms with E-state index >= 15 is 0 Å². The molecule has 1 atom stereocenters. The fraction of sp³-hybridized carbons (Fsp3) is 0.294. The first kappa shape index (κ1) is 13.3. The van der Waals surface area contributed by atoms with Gasteiger partial charge in [0.1, 0.15) is 11.6 Å². The first-order valence-corrected chi connectivity index (χ1v) is 7.60. The van der Waals surface area contributed by atoms with Crippen LogP contribution in [0.4, 0.5) is 5.82 Å². The van der Waals surface area contributed by atoms with Crippen molar-refractivity contribution in [2.75, 3.05) is 12.3 Å². The second kappa shape index (κ2) is 5.10. The van der Waals surface area contributed by atoms with E-state index in [9.17, 15) is 0 Å². The number of nitrogens with two attached hydrogens (primary N) is 1. The molecule has 5 nitrogen and oxygen atoms in total. The molecule has 0 amide bonds. The van der Waals surface area contributed by atoms with Gasteiger partial charge in [-0.3, -0.25) is 4.90 Å². The minimum atomic E-state index is 0.353. The van der Waals surface area contributed by atoms with E-state index in [4.69, 9.17) is 5.73 Å². The van der Waals surface area contributed by atoms with Crippen molar-refractivity contribution in [1.82, 2.24) is 19.9 Å². The van der Waals surface area contributed by atoms with E-state index in [1.165, 1.54) is 16.5 Å². The topological polar surface area (TPSA) is 70.8 Å². The molecule has 3 N–H and O–H groups in total. The highest BCUT2D eigenvalue weighted by atomic mass is 15.2. The normalized spacial score (nSPS) is 18.5. The summed E-state index contributed by atoms with van der Waals surface area (Å²) in [5.74, 6) is 1.30. The second-order valence-electron chi connectivity index (χ2n) is 5.94. The van der Waals surface area contributed by atoms with Gasteiger partial charge >= 0.3 is 0 Å². The Morgan fingerprint density at radius 2 is 2.18 bits per heavy atom. The zero-order valence-corrected chi connectivity index (χ0v) is 12.6. The van der Waals surface area contributed by atoms with Gasteiger partial charge in [0.05, 0.1) is 11.7 Å². The molecule has 0 radical (unpaired) electrons. The Kier molecular flexibility index (Phi) is 3.08. The monoisotopic (exact) mass is 293 g/mol. The standard InChI is InChI=1S/C17H19N5/c1-11-20-15(9-17(18)21-11)16-5-7-22(16)10-12-2-3-14-13(8-12)4-6-19-14/h2-4,6,8-9,16,19H,5,7,10H2,1H3,(H2,18,20,21). The molecule has 1 aromatic carbocycles. The number of rotatable bonds is 3. The van der Waals surface area contributed by atoms with Crippen molar-refractivity contribution >= 4 is 16.7 Å². The van der Waals surface area contributed by atoms with Crippen molar-refractivity contribution < 1.29 is 0 Å². The Morgan fingerprint density at radius 3 is 2.95 bits per heavy atom. The Labute approximate surface area is 129 Å². The third-order valence-corrected chi connectivity index (χ3v) is 4.35. The van der Waals surface area contributed by atoms with E-state index in [1.54, 1.807) is 0 Å². The van der Waals surface area contributed by atoms with E-state index in [0.29, 0.717) is 11.9 Å². The number of hydrogen-bond donors (Lipinski definition) is 2. The third-order valence-electron chi connectivity index (χ3n) is 4.35. The number of anilines is 1. The molecule has 3 heterocycles. The molecular weight excluding hydrogens is 274 g/mol. The van der Waals surface area contributed by atoms with Crippen molar-refractivity contribution in [2.24, 2.45) is 0 Å². The van der Waals surface area contributed by atoms with Gasteiger partial charge in [-0.1, -0.05) is 6.07 Å². The van der Waals surface area contributed by atoms with Gasteiger partial charge in [0, 0.05) is 30.9 Å². The number of nitrogen functional groups attached to an aromatic ring is 1. The lowest BCUT2D eigenvalue weighted by Gasteiger charge is -2.40. The van der Waals surface area contributed by atoms with Gasteiger partial charge in [-0.05, 0) is 42.5 Å². The summed E-state index contributed by atoms with van der Waals surface area (Å²) in [7, 11) is 0. The van der Waals surface area contributed by atoms with Gasteiger partial charge in [-0.15, -0.1) is 0 Å². The summed E-state index contributed by atoms with van der Waals surface area (Å²) in [6.45, 7) is 3.93. The molecule has 0 saturated carbocycles. The van der Waals surface area contributed by atoms with E-state index in [0.717, 1.165) is 31.0 Å². The van der Waals surface area contributed by atoms with Crippen LogP contribution < -0.4 is 5.73 Å². The van der Waals surface area contributed by atoms with Crippen LogP contribution in [0.5, 0.6) is 0 Å². The number of nitrogens with zero attached hydrogens (tertiary/aromatic N) is 3. The average Bonchev–Trinajstić information content (AvgIpc) is 2.90. The molecule has 0 aliphatic carbocycles. The highest BCUT2D eigenvalue weighted by molar-refractivity contribution is 5.79. The lowest BCUT2D eigenvalue weighted by Crippen LogP contribution is -2.40. The SMILES string of the molecule is Cc1nc(N)cc(C2CCN2Cc2ccc3[nH]ccc3c2)n1. The highest BCUT2D eigenvalue weighted by Gasteiger charge is 2.30. The molecule has 1 aliphatic heterocycles. The summed E-state index contributed by atoms with van der Waals surface area (Å²) in [5, 5.41) is 1.26. The lowest BCUT2D eigenvalue weighted by atomic mass is 9.97. The summed E-state index contributed by atoms with van der Waals surface area (Å²) in [5.41, 5.74) is 9.40. The minimum Gasteiger partial charge on any atom is -0.384 e. The molecule has 0 bridgehead atoms. The molecule has 1 aliphatic rings. The van der Waals surface area contributed by atoms with Crippen LogP contribution in [-0.2, 0) is 6.54 Å². The Morgan fingerprint density at radius 1 is 1.27 bits per heavy atom. The molecular formula is C17H19N5. The Hall–Kier alpha value is -2.40. The zero-order valence-electron chi connectivity index (χ0n) is 12.6. The maximum atomic E-state index is 5.85. The largest absolute Gasteiger partial charge is 0.384 e. The Balaban J connectivity index is 1.55. The molecule has 1 unspecified atom stereocenters. The number of fused-ring (bicyclic) bond motifs is 1. The predicted octanol–water partition coefficient (Wildman–Crippen LogP) is 2.80. The molecule has 5 heteroatoms. The van der Waals surface area contributed by atoms with E-state index in [1.807, 2.05) is 19.2 Å². The molecule has 3 aromatic rings. The number of H-pyrrole nitrogens is 1. The molecule has 0 spiro atoms. The number of aromatic nitrogens is 3. The van der Waals surface area contributed by atoms with Crippen molar-refractivity contribution in [3.8, 4) is 0 Å². The zero-order chi connectivity index (χ0) is 15.1. The van der Waals surface area contributed by atoms with Gasteiger partial charge in [0.25, 0.3) is 0 Å². The Bertz CT molecular complexity index is 803. The average molecular weight is 293 g/mol. The molecule has 22 heavy (non-hydrogen) atoms. The van der Waals surface area contributed by atoms with Crippen molar-refractivity contribution in [1.29, 1.82) is 0 Å². The first-order valence-electron chi connectivity index (χ1n) is 7.60. The quantitative estimate of drug-likeness (QED) is 0.779. The lowest BCUT2D eigenvalue weighted by molar-refractivity contribution is 0.0786. The van der Waals surface area contributed by atoms with Crippen LogP contribution in [0.3, 0.4) is 0 Å². The molecule has 2 aromatic heterocycles. The molecule has 1 saturated heterocycles.